The first-order valence-corrected chi connectivity index (χ1v) is 13.7. The topological polar surface area (TPSA) is 177 Å². The minimum absolute atomic E-state index is 0.0615. The van der Waals surface area contributed by atoms with Crippen LogP contribution in [0.1, 0.15) is 22.5 Å². The third kappa shape index (κ3) is 6.76. The molecule has 3 aromatic rings. The van der Waals surface area contributed by atoms with Crippen LogP contribution in [0.15, 0.2) is 53.0 Å². The largest absolute Gasteiger partial charge is 0.480 e. The van der Waals surface area contributed by atoms with Crippen molar-refractivity contribution in [3.63, 3.8) is 0 Å². The molecule has 12 nitrogen and oxygen atoms in total. The van der Waals surface area contributed by atoms with E-state index in [1.165, 1.54) is 18.2 Å². The average Bonchev–Trinajstić information content (AvgIpc) is 3.27. The summed E-state index contributed by atoms with van der Waals surface area (Å²) >= 11 is 4.23. The molecule has 1 saturated heterocycles. The minimum atomic E-state index is -1.28. The summed E-state index contributed by atoms with van der Waals surface area (Å²) in [4.78, 5) is 47.4. The zero-order chi connectivity index (χ0) is 28.8. The Hall–Kier alpha value is -4.01. The maximum absolute atomic E-state index is 13.4. The van der Waals surface area contributed by atoms with Gasteiger partial charge in [-0.3, -0.25) is 14.9 Å². The number of piperidine rings is 1. The van der Waals surface area contributed by atoms with Gasteiger partial charge >= 0.3 is 11.9 Å². The molecule has 0 saturated carbocycles. The van der Waals surface area contributed by atoms with E-state index in [-0.39, 0.29) is 32.4 Å². The lowest BCUT2D eigenvalue weighted by Gasteiger charge is -2.30. The van der Waals surface area contributed by atoms with E-state index in [1.54, 1.807) is 30.3 Å². The van der Waals surface area contributed by atoms with Gasteiger partial charge in [0.1, 0.15) is 11.4 Å². The molecular formula is C26H24BrN3O9S. The molecule has 14 heteroatoms. The Kier molecular flexibility index (Phi) is 9.34. The van der Waals surface area contributed by atoms with Crippen LogP contribution in [0.5, 0.6) is 11.5 Å². The van der Waals surface area contributed by atoms with Gasteiger partial charge < -0.3 is 30.3 Å². The maximum atomic E-state index is 13.4. The highest BCUT2D eigenvalue weighted by atomic mass is 79.9. The first-order chi connectivity index (χ1) is 19.2. The number of carbonyl (C=O) groups excluding carboxylic acids is 1. The van der Waals surface area contributed by atoms with Crippen molar-refractivity contribution in [1.29, 1.82) is 0 Å². The van der Waals surface area contributed by atoms with Crippen molar-refractivity contribution < 1.29 is 39.0 Å². The number of anilines is 1. The van der Waals surface area contributed by atoms with Crippen LogP contribution in [0.25, 0.3) is 10.4 Å². The molecule has 1 atom stereocenters. The number of nitro benzene ring substituents is 1. The van der Waals surface area contributed by atoms with Crippen molar-refractivity contribution in [1.82, 2.24) is 5.32 Å². The summed E-state index contributed by atoms with van der Waals surface area (Å²) < 4.78 is 11.7. The van der Waals surface area contributed by atoms with E-state index in [2.05, 4.69) is 26.6 Å². The third-order valence-corrected chi connectivity index (χ3v) is 8.36. The number of carboxylic acids is 2. The van der Waals surface area contributed by atoms with Gasteiger partial charge in [0.2, 0.25) is 0 Å². The molecule has 1 aliphatic heterocycles. The average molecular weight is 634 g/mol. The number of rotatable bonds is 11. The SMILES string of the molecule is O=C(O)COc1c(C(=O)O)sc(-c2cccc(OC(C(=O)Nc3ccccc3[N+](=O)[O-])C3CCNCC3)c2)c1Br. The van der Waals surface area contributed by atoms with E-state index >= 15 is 0 Å². The summed E-state index contributed by atoms with van der Waals surface area (Å²) in [5.74, 6) is -3.00. The van der Waals surface area contributed by atoms with Gasteiger partial charge in [0.25, 0.3) is 11.6 Å². The van der Waals surface area contributed by atoms with Crippen LogP contribution in [0.3, 0.4) is 0 Å². The molecule has 1 unspecified atom stereocenters. The number of carbonyl (C=O) groups is 3. The van der Waals surface area contributed by atoms with Crippen LogP contribution in [0.2, 0.25) is 0 Å². The molecule has 4 N–H and O–H groups in total. The zero-order valence-corrected chi connectivity index (χ0v) is 23.2. The molecule has 1 aliphatic rings. The number of thiophene rings is 1. The Labute approximate surface area is 240 Å². The van der Waals surface area contributed by atoms with Crippen LogP contribution in [-0.2, 0) is 9.59 Å². The van der Waals surface area contributed by atoms with Crippen molar-refractivity contribution in [2.24, 2.45) is 5.92 Å². The number of nitrogens with zero attached hydrogens (tertiary/aromatic N) is 1. The van der Waals surface area contributed by atoms with E-state index in [1.807, 2.05) is 0 Å². The molecule has 1 fully saturated rings. The molecular weight excluding hydrogens is 610 g/mol. The molecule has 2 heterocycles. The molecule has 0 radical (unpaired) electrons. The Morgan fingerprint density at radius 3 is 2.55 bits per heavy atom. The predicted molar refractivity (Wildman–Crippen MR) is 149 cm³/mol. The minimum Gasteiger partial charge on any atom is -0.480 e. The number of benzene rings is 2. The summed E-state index contributed by atoms with van der Waals surface area (Å²) in [5.41, 5.74) is 0.371. The number of aliphatic carboxylic acids is 1. The van der Waals surface area contributed by atoms with Crippen LogP contribution in [-0.4, -0.2) is 58.8 Å². The third-order valence-electron chi connectivity index (χ3n) is 6.13. The van der Waals surface area contributed by atoms with Crippen molar-refractivity contribution in [2.45, 2.75) is 18.9 Å². The van der Waals surface area contributed by atoms with E-state index in [9.17, 15) is 29.6 Å². The Morgan fingerprint density at radius 2 is 1.88 bits per heavy atom. The van der Waals surface area contributed by atoms with Gasteiger partial charge in [-0.05, 0) is 65.6 Å². The second-order valence-corrected chi connectivity index (χ2v) is 10.6. The normalized spacial score (nSPS) is 14.2. The number of ether oxygens (including phenoxy) is 2. The summed E-state index contributed by atoms with van der Waals surface area (Å²) in [6, 6.07) is 12.5. The Bertz CT molecular complexity index is 1440. The zero-order valence-electron chi connectivity index (χ0n) is 20.8. The lowest BCUT2D eigenvalue weighted by Crippen LogP contribution is -2.44. The van der Waals surface area contributed by atoms with Gasteiger partial charge in [-0.2, -0.15) is 0 Å². The first kappa shape index (κ1) is 29.0. The fourth-order valence-electron chi connectivity index (χ4n) is 4.30. The highest BCUT2D eigenvalue weighted by molar-refractivity contribution is 9.10. The van der Waals surface area contributed by atoms with E-state index < -0.39 is 35.5 Å². The summed E-state index contributed by atoms with van der Waals surface area (Å²) in [6.07, 6.45) is 0.336. The number of hydrogen-bond donors (Lipinski definition) is 4. The number of halogens is 1. The second kappa shape index (κ2) is 12.9. The smallest absolute Gasteiger partial charge is 0.349 e. The lowest BCUT2D eigenvalue weighted by molar-refractivity contribution is -0.383. The molecule has 1 amide bonds. The van der Waals surface area contributed by atoms with Gasteiger partial charge in [0, 0.05) is 12.0 Å². The fraction of sp³-hybridized carbons (Fsp3) is 0.269. The Morgan fingerprint density at radius 1 is 1.15 bits per heavy atom. The van der Waals surface area contributed by atoms with Crippen LogP contribution < -0.4 is 20.1 Å². The molecule has 4 rings (SSSR count). The molecule has 0 bridgehead atoms. The quantitative estimate of drug-likeness (QED) is 0.172. The number of aromatic carboxylic acids is 1. The van der Waals surface area contributed by atoms with Crippen molar-refractivity contribution in [3.05, 3.63) is 68.0 Å². The van der Waals surface area contributed by atoms with Gasteiger partial charge in [0.15, 0.2) is 23.3 Å². The molecule has 0 aliphatic carbocycles. The molecule has 2 aromatic carbocycles. The van der Waals surface area contributed by atoms with Crippen molar-refractivity contribution in [3.8, 4) is 21.9 Å². The maximum Gasteiger partial charge on any atom is 0.349 e. The molecule has 210 valence electrons. The second-order valence-electron chi connectivity index (χ2n) is 8.81. The lowest BCUT2D eigenvalue weighted by atomic mass is 9.91. The van der Waals surface area contributed by atoms with Crippen molar-refractivity contribution >= 4 is 56.5 Å². The van der Waals surface area contributed by atoms with Gasteiger partial charge in [-0.15, -0.1) is 11.3 Å². The number of nitro groups is 1. The number of amides is 1. The fourth-order valence-corrected chi connectivity index (χ4v) is 6.18. The van der Waals surface area contributed by atoms with Gasteiger partial charge in [0.05, 0.1) is 14.3 Å². The molecule has 1 aromatic heterocycles. The number of para-hydroxylation sites is 2. The highest BCUT2D eigenvalue weighted by Gasteiger charge is 2.33. The standard InChI is InChI=1S/C26H24BrN3O9S/c27-20-22(38-13-19(31)32)24(26(34)35)40-23(20)15-4-3-5-16(12-15)39-21(14-8-10-28-11-9-14)25(33)29-17-6-1-2-7-18(17)30(36)37/h1-7,12,14,21,28H,8-11,13H2,(H,29,33)(H,31,32)(H,34,35). The first-order valence-electron chi connectivity index (χ1n) is 12.1. The number of hydrogen-bond acceptors (Lipinski definition) is 9. The summed E-state index contributed by atoms with van der Waals surface area (Å²) in [5, 5.41) is 35.9. The van der Waals surface area contributed by atoms with E-state index in [0.29, 0.717) is 42.1 Å². The van der Waals surface area contributed by atoms with Crippen LogP contribution in [0.4, 0.5) is 11.4 Å². The Balaban J connectivity index is 1.64. The highest BCUT2D eigenvalue weighted by Crippen LogP contribution is 2.46. The van der Waals surface area contributed by atoms with Gasteiger partial charge in [-0.1, -0.05) is 24.3 Å². The monoisotopic (exact) mass is 633 g/mol. The van der Waals surface area contributed by atoms with E-state index in [4.69, 9.17) is 14.6 Å². The molecule has 40 heavy (non-hydrogen) atoms. The predicted octanol–water partition coefficient (Wildman–Crippen LogP) is 4.63. The van der Waals surface area contributed by atoms with Crippen LogP contribution >= 0.6 is 27.3 Å². The summed E-state index contributed by atoms with van der Waals surface area (Å²) in [6.45, 7) is 0.649. The number of carboxylic acid groups (broad SMARTS) is 2. The van der Waals surface area contributed by atoms with Crippen LogP contribution in [0, 0.1) is 16.0 Å². The van der Waals surface area contributed by atoms with Gasteiger partial charge in [-0.25, -0.2) is 9.59 Å². The summed E-state index contributed by atoms with van der Waals surface area (Å²) in [7, 11) is 0. The number of nitrogens with one attached hydrogen (secondary N) is 2. The molecule has 0 spiro atoms. The van der Waals surface area contributed by atoms with E-state index in [0.717, 1.165) is 11.3 Å². The van der Waals surface area contributed by atoms with Crippen molar-refractivity contribution in [2.75, 3.05) is 25.0 Å².